The van der Waals surface area contributed by atoms with E-state index in [0.717, 1.165) is 12.8 Å². The Kier molecular flexibility index (Phi) is 4.63. The molecule has 0 aliphatic heterocycles. The van der Waals surface area contributed by atoms with Crippen LogP contribution in [0, 0.1) is 5.92 Å². The largest absolute Gasteiger partial charge is 0.478 e. The maximum Gasteiger partial charge on any atom is 0.327 e. The van der Waals surface area contributed by atoms with Gasteiger partial charge in [0.15, 0.2) is 0 Å². The molecule has 0 rings (SSSR count). The van der Waals surface area contributed by atoms with Gasteiger partial charge in [-0.15, -0.1) is 0 Å². The van der Waals surface area contributed by atoms with Crippen LogP contribution in [0.4, 0.5) is 0 Å². The van der Waals surface area contributed by atoms with Gasteiger partial charge in [-0.2, -0.15) is 0 Å². The molecule has 2 nitrogen and oxygen atoms in total. The van der Waals surface area contributed by atoms with Crippen LogP contribution in [-0.4, -0.2) is 11.1 Å². The van der Waals surface area contributed by atoms with Crippen molar-refractivity contribution >= 4 is 5.97 Å². The normalized spacial score (nSPS) is 13.8. The van der Waals surface area contributed by atoms with E-state index in [0.29, 0.717) is 5.92 Å². The van der Waals surface area contributed by atoms with Crippen molar-refractivity contribution in [3.63, 3.8) is 0 Å². The van der Waals surface area contributed by atoms with Gasteiger partial charge in [-0.1, -0.05) is 26.3 Å². The van der Waals surface area contributed by atoms with Crippen LogP contribution < -0.4 is 0 Å². The second kappa shape index (κ2) is 5.03. The molecule has 0 aromatic heterocycles. The molecular weight excluding hydrogens is 128 g/mol. The first kappa shape index (κ1) is 9.21. The van der Waals surface area contributed by atoms with Crippen molar-refractivity contribution in [2.75, 3.05) is 0 Å². The average Bonchev–Trinajstić information content (AvgIpc) is 1.87. The van der Waals surface area contributed by atoms with Gasteiger partial charge in [-0.25, -0.2) is 4.79 Å². The van der Waals surface area contributed by atoms with Gasteiger partial charge in [-0.05, 0) is 12.3 Å². The summed E-state index contributed by atoms with van der Waals surface area (Å²) in [5, 5.41) is 8.21. The summed E-state index contributed by atoms with van der Waals surface area (Å²) in [4.78, 5) is 9.98. The SMILES string of the molecule is CC[C@H](C)C/C=C\C(=O)O. The summed E-state index contributed by atoms with van der Waals surface area (Å²) < 4.78 is 0. The number of carboxylic acids is 1. The second-order valence-corrected chi connectivity index (χ2v) is 2.49. The molecule has 0 bridgehead atoms. The van der Waals surface area contributed by atoms with Crippen molar-refractivity contribution in [2.45, 2.75) is 26.7 Å². The smallest absolute Gasteiger partial charge is 0.327 e. The monoisotopic (exact) mass is 142 g/mol. The van der Waals surface area contributed by atoms with Gasteiger partial charge in [0.25, 0.3) is 0 Å². The van der Waals surface area contributed by atoms with Gasteiger partial charge < -0.3 is 5.11 Å². The highest BCUT2D eigenvalue weighted by Gasteiger charge is 1.93. The van der Waals surface area contributed by atoms with Crippen LogP contribution >= 0.6 is 0 Å². The van der Waals surface area contributed by atoms with E-state index in [2.05, 4.69) is 13.8 Å². The van der Waals surface area contributed by atoms with Crippen molar-refractivity contribution in [2.24, 2.45) is 5.92 Å². The minimum atomic E-state index is -0.858. The van der Waals surface area contributed by atoms with Gasteiger partial charge in [-0.3, -0.25) is 0 Å². The zero-order chi connectivity index (χ0) is 7.98. The molecule has 0 saturated carbocycles. The molecule has 0 amide bonds. The predicted molar refractivity (Wildman–Crippen MR) is 40.8 cm³/mol. The summed E-state index contributed by atoms with van der Waals surface area (Å²) in [6, 6.07) is 0. The van der Waals surface area contributed by atoms with Crippen LogP contribution in [0.25, 0.3) is 0 Å². The molecule has 0 fully saturated rings. The summed E-state index contributed by atoms with van der Waals surface area (Å²) >= 11 is 0. The standard InChI is InChI=1S/C8H14O2/c1-3-7(2)5-4-6-8(9)10/h4,6-7H,3,5H2,1-2H3,(H,9,10)/b6-4-/t7-/m0/s1. The summed E-state index contributed by atoms with van der Waals surface area (Å²) in [6.07, 6.45) is 4.87. The summed E-state index contributed by atoms with van der Waals surface area (Å²) in [6.45, 7) is 4.20. The van der Waals surface area contributed by atoms with E-state index in [1.54, 1.807) is 6.08 Å². The molecule has 0 unspecified atom stereocenters. The Labute approximate surface area is 61.6 Å². The van der Waals surface area contributed by atoms with E-state index < -0.39 is 5.97 Å². The lowest BCUT2D eigenvalue weighted by atomic mass is 10.1. The molecule has 10 heavy (non-hydrogen) atoms. The molecular formula is C8H14O2. The third kappa shape index (κ3) is 5.35. The van der Waals surface area contributed by atoms with Crippen molar-refractivity contribution in [3.8, 4) is 0 Å². The molecule has 0 aliphatic carbocycles. The minimum absolute atomic E-state index is 0.593. The number of aliphatic carboxylic acids is 1. The Morgan fingerprint density at radius 3 is 2.70 bits per heavy atom. The zero-order valence-electron chi connectivity index (χ0n) is 6.50. The number of carboxylic acid groups (broad SMARTS) is 1. The van der Waals surface area contributed by atoms with Crippen LogP contribution in [0.3, 0.4) is 0 Å². The van der Waals surface area contributed by atoms with Crippen LogP contribution in [-0.2, 0) is 4.79 Å². The molecule has 0 saturated heterocycles. The Morgan fingerprint density at radius 2 is 2.30 bits per heavy atom. The van der Waals surface area contributed by atoms with Crippen LogP contribution in [0.15, 0.2) is 12.2 Å². The summed E-state index contributed by atoms with van der Waals surface area (Å²) in [5.74, 6) is -0.265. The molecule has 0 aromatic carbocycles. The number of allylic oxidation sites excluding steroid dienone is 1. The van der Waals surface area contributed by atoms with E-state index in [-0.39, 0.29) is 0 Å². The first-order chi connectivity index (χ1) is 4.66. The Morgan fingerprint density at radius 1 is 1.70 bits per heavy atom. The highest BCUT2D eigenvalue weighted by atomic mass is 16.4. The fourth-order valence-electron chi connectivity index (χ4n) is 0.568. The number of rotatable bonds is 4. The van der Waals surface area contributed by atoms with E-state index in [9.17, 15) is 4.79 Å². The maximum absolute atomic E-state index is 9.98. The fourth-order valence-corrected chi connectivity index (χ4v) is 0.568. The van der Waals surface area contributed by atoms with Crippen molar-refractivity contribution in [1.29, 1.82) is 0 Å². The third-order valence-corrected chi connectivity index (χ3v) is 1.50. The molecule has 0 aromatic rings. The van der Waals surface area contributed by atoms with Gasteiger partial charge in [0, 0.05) is 6.08 Å². The van der Waals surface area contributed by atoms with Crippen molar-refractivity contribution < 1.29 is 9.90 Å². The lowest BCUT2D eigenvalue weighted by Gasteiger charge is -2.00. The highest BCUT2D eigenvalue weighted by Crippen LogP contribution is 2.05. The Balaban J connectivity index is 3.43. The lowest BCUT2D eigenvalue weighted by Crippen LogP contribution is -1.90. The fraction of sp³-hybridized carbons (Fsp3) is 0.625. The number of hydrogen-bond acceptors (Lipinski definition) is 1. The Hall–Kier alpha value is -0.790. The zero-order valence-corrected chi connectivity index (χ0v) is 6.50. The number of carbonyl (C=O) groups is 1. The van der Waals surface area contributed by atoms with Crippen molar-refractivity contribution in [3.05, 3.63) is 12.2 Å². The van der Waals surface area contributed by atoms with Gasteiger partial charge in [0.2, 0.25) is 0 Å². The molecule has 58 valence electrons. The van der Waals surface area contributed by atoms with Crippen LogP contribution in [0.1, 0.15) is 26.7 Å². The van der Waals surface area contributed by atoms with Crippen molar-refractivity contribution in [1.82, 2.24) is 0 Å². The quantitative estimate of drug-likeness (QED) is 0.610. The molecule has 0 spiro atoms. The predicted octanol–water partition coefficient (Wildman–Crippen LogP) is 2.06. The minimum Gasteiger partial charge on any atom is -0.478 e. The van der Waals surface area contributed by atoms with Gasteiger partial charge >= 0.3 is 5.97 Å². The van der Waals surface area contributed by atoms with Gasteiger partial charge in [0.05, 0.1) is 0 Å². The average molecular weight is 142 g/mol. The van der Waals surface area contributed by atoms with Crippen LogP contribution in [0.5, 0.6) is 0 Å². The number of hydrogen-bond donors (Lipinski definition) is 1. The van der Waals surface area contributed by atoms with E-state index in [1.165, 1.54) is 6.08 Å². The lowest BCUT2D eigenvalue weighted by molar-refractivity contribution is -0.131. The molecule has 0 radical (unpaired) electrons. The third-order valence-electron chi connectivity index (χ3n) is 1.50. The molecule has 1 atom stereocenters. The second-order valence-electron chi connectivity index (χ2n) is 2.49. The molecule has 0 aliphatic rings. The van der Waals surface area contributed by atoms with E-state index in [1.807, 2.05) is 0 Å². The molecule has 1 N–H and O–H groups in total. The first-order valence-corrected chi connectivity index (χ1v) is 3.56. The maximum atomic E-state index is 9.98. The van der Waals surface area contributed by atoms with Gasteiger partial charge in [0.1, 0.15) is 0 Å². The highest BCUT2D eigenvalue weighted by molar-refractivity contribution is 5.79. The first-order valence-electron chi connectivity index (χ1n) is 3.56. The summed E-state index contributed by atoms with van der Waals surface area (Å²) in [5.41, 5.74) is 0. The van der Waals surface area contributed by atoms with Crippen LogP contribution in [0.2, 0.25) is 0 Å². The topological polar surface area (TPSA) is 37.3 Å². The summed E-state index contributed by atoms with van der Waals surface area (Å²) in [7, 11) is 0. The molecule has 2 heteroatoms. The molecule has 0 heterocycles. The van der Waals surface area contributed by atoms with E-state index in [4.69, 9.17) is 5.11 Å². The van der Waals surface area contributed by atoms with E-state index >= 15 is 0 Å². The Bertz CT molecular complexity index is 127.